The number of rotatable bonds is 6. The molecule has 0 aliphatic rings. The summed E-state index contributed by atoms with van der Waals surface area (Å²) in [7, 11) is 0.452. The van der Waals surface area contributed by atoms with Gasteiger partial charge < -0.3 is 14.3 Å². The van der Waals surface area contributed by atoms with E-state index in [1.165, 1.54) is 13.2 Å². The van der Waals surface area contributed by atoms with Crippen LogP contribution in [0.25, 0.3) is 0 Å². The van der Waals surface area contributed by atoms with E-state index in [0.717, 1.165) is 6.26 Å². The van der Waals surface area contributed by atoms with Gasteiger partial charge in [-0.05, 0) is 6.07 Å². The van der Waals surface area contributed by atoms with Crippen LogP contribution in [-0.4, -0.2) is 34.8 Å². The van der Waals surface area contributed by atoms with Gasteiger partial charge >= 0.3 is 5.97 Å². The first kappa shape index (κ1) is 11.9. The molecule has 0 radical (unpaired) electrons. The molecular formula is C9H12O5S. The third-order valence-electron chi connectivity index (χ3n) is 1.72. The van der Waals surface area contributed by atoms with Crippen molar-refractivity contribution in [1.29, 1.82) is 0 Å². The summed E-state index contributed by atoms with van der Waals surface area (Å²) in [5, 5.41) is 8.62. The lowest BCUT2D eigenvalue weighted by atomic mass is 10.3. The molecule has 0 bridgehead atoms. The number of carboxylic acids is 1. The molecule has 5 nitrogen and oxygen atoms in total. The highest BCUT2D eigenvalue weighted by atomic mass is 32.2. The van der Waals surface area contributed by atoms with Crippen molar-refractivity contribution in [2.24, 2.45) is 0 Å². The van der Waals surface area contributed by atoms with Crippen LogP contribution < -0.4 is 0 Å². The molecule has 0 aliphatic carbocycles. The molecule has 1 heterocycles. The van der Waals surface area contributed by atoms with E-state index in [1.54, 1.807) is 0 Å². The fourth-order valence-electron chi connectivity index (χ4n) is 0.976. The Kier molecular flexibility index (Phi) is 4.51. The van der Waals surface area contributed by atoms with Gasteiger partial charge in [-0.25, -0.2) is 4.79 Å². The molecule has 15 heavy (non-hydrogen) atoms. The first-order valence-electron chi connectivity index (χ1n) is 4.28. The van der Waals surface area contributed by atoms with E-state index in [0.29, 0.717) is 18.1 Å². The minimum Gasteiger partial charge on any atom is -0.478 e. The van der Waals surface area contributed by atoms with E-state index in [-0.39, 0.29) is 11.3 Å². The Balaban J connectivity index is 2.50. The van der Waals surface area contributed by atoms with Crippen molar-refractivity contribution in [3.8, 4) is 0 Å². The third kappa shape index (κ3) is 3.85. The third-order valence-corrected chi connectivity index (χ3v) is 2.95. The molecule has 1 unspecified atom stereocenters. The molecular weight excluding hydrogens is 220 g/mol. The lowest BCUT2D eigenvalue weighted by Crippen LogP contribution is -2.05. The summed E-state index contributed by atoms with van der Waals surface area (Å²) < 4.78 is 21.1. The largest absolute Gasteiger partial charge is 0.478 e. The Morgan fingerprint density at radius 2 is 2.40 bits per heavy atom. The number of methoxy groups -OCH3 is 1. The number of carbonyl (C=O) groups is 1. The van der Waals surface area contributed by atoms with Crippen LogP contribution in [0.5, 0.6) is 0 Å². The molecule has 1 N–H and O–H groups in total. The van der Waals surface area contributed by atoms with Gasteiger partial charge in [-0.3, -0.25) is 4.21 Å². The molecule has 1 atom stereocenters. The van der Waals surface area contributed by atoms with Crippen LogP contribution in [0.3, 0.4) is 0 Å². The summed E-state index contributed by atoms with van der Waals surface area (Å²) in [5.41, 5.74) is 0.0775. The van der Waals surface area contributed by atoms with Gasteiger partial charge in [0.15, 0.2) is 0 Å². The van der Waals surface area contributed by atoms with Crippen LogP contribution in [-0.2, 0) is 21.3 Å². The minimum atomic E-state index is -1.08. The summed E-state index contributed by atoms with van der Waals surface area (Å²) >= 11 is 0. The standard InChI is InChI=1S/C9H12O5S/c1-13-2-3-15(12)6-8-4-7(5-14-8)9(10)11/h4-5H,2-3,6H2,1H3,(H,10,11). The normalized spacial score (nSPS) is 12.6. The van der Waals surface area contributed by atoms with Gasteiger partial charge in [-0.15, -0.1) is 0 Å². The monoisotopic (exact) mass is 232 g/mol. The zero-order chi connectivity index (χ0) is 11.3. The second-order valence-corrected chi connectivity index (χ2v) is 4.46. The fourth-order valence-corrected chi connectivity index (χ4v) is 1.94. The average Bonchev–Trinajstić information content (AvgIpc) is 2.63. The van der Waals surface area contributed by atoms with Crippen LogP contribution in [0.4, 0.5) is 0 Å². The van der Waals surface area contributed by atoms with Crippen molar-refractivity contribution in [3.63, 3.8) is 0 Å². The van der Waals surface area contributed by atoms with E-state index in [4.69, 9.17) is 14.3 Å². The van der Waals surface area contributed by atoms with Crippen molar-refractivity contribution >= 4 is 16.8 Å². The summed E-state index contributed by atoms with van der Waals surface area (Å²) in [6.07, 6.45) is 1.14. The van der Waals surface area contributed by atoms with E-state index < -0.39 is 16.8 Å². The molecule has 1 rings (SSSR count). The average molecular weight is 232 g/mol. The van der Waals surface area contributed by atoms with E-state index in [1.807, 2.05) is 0 Å². The number of hydrogen-bond donors (Lipinski definition) is 1. The Hall–Kier alpha value is -1.14. The Labute approximate surface area is 89.5 Å². The van der Waals surface area contributed by atoms with Crippen LogP contribution >= 0.6 is 0 Å². The van der Waals surface area contributed by atoms with Crippen LogP contribution in [0.15, 0.2) is 16.7 Å². The highest BCUT2D eigenvalue weighted by molar-refractivity contribution is 7.84. The first-order chi connectivity index (χ1) is 7.13. The lowest BCUT2D eigenvalue weighted by molar-refractivity contribution is 0.0696. The van der Waals surface area contributed by atoms with Gasteiger partial charge in [-0.2, -0.15) is 0 Å². The SMILES string of the molecule is COCCS(=O)Cc1cc(C(=O)O)co1. The molecule has 0 saturated heterocycles. The van der Waals surface area contributed by atoms with E-state index >= 15 is 0 Å². The molecule has 84 valence electrons. The molecule has 0 saturated carbocycles. The van der Waals surface area contributed by atoms with Crippen LogP contribution in [0, 0.1) is 0 Å². The first-order valence-corrected chi connectivity index (χ1v) is 5.77. The van der Waals surface area contributed by atoms with Gasteiger partial charge in [-0.1, -0.05) is 0 Å². The Morgan fingerprint density at radius 3 is 2.93 bits per heavy atom. The van der Waals surface area contributed by atoms with Crippen LogP contribution in [0.2, 0.25) is 0 Å². The summed E-state index contributed by atoms with van der Waals surface area (Å²) in [6.45, 7) is 0.416. The minimum absolute atomic E-state index is 0.0775. The van der Waals surface area contributed by atoms with Crippen molar-refractivity contribution in [3.05, 3.63) is 23.7 Å². The van der Waals surface area contributed by atoms with Gasteiger partial charge in [0.25, 0.3) is 0 Å². The summed E-state index contributed by atoms with van der Waals surface area (Å²) in [5.74, 6) is 0.00508. The zero-order valence-corrected chi connectivity index (χ0v) is 9.08. The molecule has 0 spiro atoms. The highest BCUT2D eigenvalue weighted by Gasteiger charge is 2.10. The molecule has 0 amide bonds. The molecule has 1 aromatic rings. The maximum atomic E-state index is 11.4. The molecule has 0 aromatic carbocycles. The van der Waals surface area contributed by atoms with Gasteiger partial charge in [0.2, 0.25) is 0 Å². The zero-order valence-electron chi connectivity index (χ0n) is 8.26. The number of aromatic carboxylic acids is 1. The maximum absolute atomic E-state index is 11.4. The quantitative estimate of drug-likeness (QED) is 0.787. The summed E-state index contributed by atoms with van der Waals surface area (Å²) in [4.78, 5) is 10.5. The maximum Gasteiger partial charge on any atom is 0.338 e. The molecule has 0 aliphatic heterocycles. The molecule has 0 fully saturated rings. The number of furan rings is 1. The Morgan fingerprint density at radius 1 is 1.67 bits per heavy atom. The van der Waals surface area contributed by atoms with Crippen LogP contribution in [0.1, 0.15) is 16.1 Å². The second-order valence-electron chi connectivity index (χ2n) is 2.89. The highest BCUT2D eigenvalue weighted by Crippen LogP contribution is 2.10. The topological polar surface area (TPSA) is 76.7 Å². The van der Waals surface area contributed by atoms with E-state index in [2.05, 4.69) is 0 Å². The van der Waals surface area contributed by atoms with E-state index in [9.17, 15) is 9.00 Å². The molecule has 6 heteroatoms. The van der Waals surface area contributed by atoms with Gasteiger partial charge in [0.05, 0.1) is 17.9 Å². The second kappa shape index (κ2) is 5.67. The lowest BCUT2D eigenvalue weighted by Gasteiger charge is -1.97. The summed E-state index contributed by atoms with van der Waals surface area (Å²) in [6, 6.07) is 1.38. The van der Waals surface area contributed by atoms with Crippen molar-refractivity contribution in [2.75, 3.05) is 19.5 Å². The number of hydrogen-bond acceptors (Lipinski definition) is 4. The van der Waals surface area contributed by atoms with Gasteiger partial charge in [0, 0.05) is 23.7 Å². The number of ether oxygens (including phenoxy) is 1. The van der Waals surface area contributed by atoms with Crippen molar-refractivity contribution < 1.29 is 23.3 Å². The predicted molar refractivity (Wildman–Crippen MR) is 54.3 cm³/mol. The fraction of sp³-hybridized carbons (Fsp3) is 0.444. The number of carboxylic acid groups (broad SMARTS) is 1. The van der Waals surface area contributed by atoms with Crippen molar-refractivity contribution in [1.82, 2.24) is 0 Å². The van der Waals surface area contributed by atoms with Crippen molar-refractivity contribution in [2.45, 2.75) is 5.75 Å². The predicted octanol–water partition coefficient (Wildman–Crippen LogP) is 0.873. The smallest absolute Gasteiger partial charge is 0.338 e. The molecule has 1 aromatic heterocycles. The Bertz CT molecular complexity index is 357. The van der Waals surface area contributed by atoms with Gasteiger partial charge in [0.1, 0.15) is 12.0 Å².